The van der Waals surface area contributed by atoms with E-state index in [-0.39, 0.29) is 12.5 Å². The fraction of sp³-hybridized carbons (Fsp3) is 0.846. The Bertz CT molecular complexity index is 309. The van der Waals surface area contributed by atoms with Gasteiger partial charge >= 0.3 is 6.03 Å². The molecular weight excluding hydrogens is 244 g/mol. The predicted octanol–water partition coefficient (Wildman–Crippen LogP) is 0.281. The first kappa shape index (κ1) is 15.9. The van der Waals surface area contributed by atoms with Crippen LogP contribution in [0.4, 0.5) is 4.79 Å². The van der Waals surface area contributed by atoms with Gasteiger partial charge in [-0.3, -0.25) is 15.0 Å². The summed E-state index contributed by atoms with van der Waals surface area (Å²) < 4.78 is 0. The van der Waals surface area contributed by atoms with Crippen LogP contribution in [0.1, 0.15) is 32.6 Å². The molecular formula is C13H26N4O2. The van der Waals surface area contributed by atoms with E-state index in [2.05, 4.69) is 15.5 Å². The Kier molecular flexibility index (Phi) is 6.80. The van der Waals surface area contributed by atoms with Gasteiger partial charge in [0, 0.05) is 13.1 Å². The van der Waals surface area contributed by atoms with Crippen molar-refractivity contribution >= 4 is 11.9 Å². The van der Waals surface area contributed by atoms with Crippen LogP contribution >= 0.6 is 0 Å². The first-order chi connectivity index (χ1) is 9.12. The number of carbonyl (C=O) groups is 2. The number of urea groups is 1. The van der Waals surface area contributed by atoms with E-state index < -0.39 is 6.03 Å². The molecule has 1 fully saturated rings. The second kappa shape index (κ2) is 8.12. The molecule has 1 aliphatic carbocycles. The van der Waals surface area contributed by atoms with Gasteiger partial charge in [0.05, 0.1) is 6.54 Å². The lowest BCUT2D eigenvalue weighted by atomic mass is 9.83. The molecule has 1 rings (SSSR count). The molecule has 2 atom stereocenters. The lowest BCUT2D eigenvalue weighted by molar-refractivity contribution is -0.122. The molecule has 0 aliphatic heterocycles. The highest BCUT2D eigenvalue weighted by Gasteiger charge is 2.29. The van der Waals surface area contributed by atoms with Crippen LogP contribution in [0.15, 0.2) is 0 Å². The lowest BCUT2D eigenvalue weighted by Crippen LogP contribution is -2.50. The minimum atomic E-state index is -0.458. The van der Waals surface area contributed by atoms with Crippen molar-refractivity contribution in [2.45, 2.75) is 38.6 Å². The number of amides is 3. The minimum Gasteiger partial charge on any atom is -0.341 e. The normalized spacial score (nSPS) is 23.2. The average Bonchev–Trinajstić information content (AvgIpc) is 2.44. The Labute approximate surface area is 115 Å². The highest BCUT2D eigenvalue weighted by molar-refractivity contribution is 5.95. The minimum absolute atomic E-state index is 0.255. The maximum atomic E-state index is 11.8. The first-order valence-electron chi connectivity index (χ1n) is 7.08. The zero-order chi connectivity index (χ0) is 14.3. The fourth-order valence-corrected chi connectivity index (χ4v) is 2.82. The van der Waals surface area contributed by atoms with Gasteiger partial charge in [-0.2, -0.15) is 0 Å². The maximum absolute atomic E-state index is 11.8. The number of hydrogen-bond donors (Lipinski definition) is 3. The number of likely N-dealkylation sites (N-methyl/N-ethyl adjacent to an activating group) is 1. The van der Waals surface area contributed by atoms with Crippen molar-refractivity contribution in [1.29, 1.82) is 0 Å². The largest absolute Gasteiger partial charge is 0.341 e. The molecule has 3 amide bonds. The number of rotatable bonds is 5. The molecule has 0 spiro atoms. The number of nitrogens with one attached hydrogen (secondary N) is 2. The summed E-state index contributed by atoms with van der Waals surface area (Å²) in [5.74, 6) is 0.198. The van der Waals surface area contributed by atoms with Gasteiger partial charge in [-0.1, -0.05) is 19.8 Å². The zero-order valence-corrected chi connectivity index (χ0v) is 11.9. The van der Waals surface area contributed by atoms with E-state index >= 15 is 0 Å². The van der Waals surface area contributed by atoms with Gasteiger partial charge < -0.3 is 11.1 Å². The third-order valence-electron chi connectivity index (χ3n) is 3.87. The van der Waals surface area contributed by atoms with Crippen LogP contribution in [0.25, 0.3) is 0 Å². The summed E-state index contributed by atoms with van der Waals surface area (Å²) in [6, 6.07) is -0.0979. The van der Waals surface area contributed by atoms with E-state index in [0.717, 1.165) is 19.4 Å². The fourth-order valence-electron chi connectivity index (χ4n) is 2.82. The van der Waals surface area contributed by atoms with E-state index in [4.69, 9.17) is 5.73 Å². The van der Waals surface area contributed by atoms with Crippen molar-refractivity contribution < 1.29 is 9.59 Å². The first-order valence-corrected chi connectivity index (χ1v) is 7.08. The summed E-state index contributed by atoms with van der Waals surface area (Å²) in [4.78, 5) is 25.0. The number of nitrogens with zero attached hydrogens (tertiary/aromatic N) is 1. The van der Waals surface area contributed by atoms with Gasteiger partial charge in [0.1, 0.15) is 0 Å². The Hall–Kier alpha value is -1.14. The molecule has 110 valence electrons. The Morgan fingerprint density at radius 3 is 2.58 bits per heavy atom. The number of carbonyl (C=O) groups excluding carboxylic acids is 2. The van der Waals surface area contributed by atoms with E-state index in [1.165, 1.54) is 19.9 Å². The lowest BCUT2D eigenvalue weighted by Gasteiger charge is -2.38. The van der Waals surface area contributed by atoms with E-state index in [9.17, 15) is 9.59 Å². The quantitative estimate of drug-likeness (QED) is 0.669. The molecule has 6 heteroatoms. The van der Waals surface area contributed by atoms with Gasteiger partial charge in [0.15, 0.2) is 0 Å². The van der Waals surface area contributed by atoms with Crippen molar-refractivity contribution in [2.24, 2.45) is 11.7 Å². The van der Waals surface area contributed by atoms with Crippen molar-refractivity contribution in [1.82, 2.24) is 15.5 Å². The monoisotopic (exact) mass is 270 g/mol. The van der Waals surface area contributed by atoms with Crippen LogP contribution in [-0.4, -0.2) is 49.6 Å². The van der Waals surface area contributed by atoms with Gasteiger partial charge in [-0.15, -0.1) is 0 Å². The SMILES string of the molecule is CCN(CC(=O)NC(=O)NC)C1CCCCC1CN. The topological polar surface area (TPSA) is 87.5 Å². The van der Waals surface area contributed by atoms with Crippen molar-refractivity contribution in [3.63, 3.8) is 0 Å². The Balaban J connectivity index is 2.55. The molecule has 0 aromatic carbocycles. The van der Waals surface area contributed by atoms with E-state index in [1.54, 1.807) is 0 Å². The summed E-state index contributed by atoms with van der Waals surface area (Å²) in [7, 11) is 1.49. The molecule has 1 saturated carbocycles. The van der Waals surface area contributed by atoms with Crippen LogP contribution in [-0.2, 0) is 4.79 Å². The van der Waals surface area contributed by atoms with Crippen LogP contribution in [0.2, 0.25) is 0 Å². The molecule has 0 heterocycles. The van der Waals surface area contributed by atoms with Crippen molar-refractivity contribution in [3.8, 4) is 0 Å². The second-order valence-corrected chi connectivity index (χ2v) is 5.04. The highest BCUT2D eigenvalue weighted by Crippen LogP contribution is 2.27. The zero-order valence-electron chi connectivity index (χ0n) is 11.9. The van der Waals surface area contributed by atoms with Gasteiger partial charge in [-0.05, 0) is 31.8 Å². The molecule has 19 heavy (non-hydrogen) atoms. The molecule has 2 unspecified atom stereocenters. The summed E-state index contributed by atoms with van der Waals surface area (Å²) in [6.45, 7) is 3.75. The van der Waals surface area contributed by atoms with Crippen LogP contribution in [0.5, 0.6) is 0 Å². The Morgan fingerprint density at radius 2 is 2.00 bits per heavy atom. The Morgan fingerprint density at radius 1 is 1.32 bits per heavy atom. The van der Waals surface area contributed by atoms with Gasteiger partial charge in [0.2, 0.25) is 5.91 Å². The number of nitrogens with two attached hydrogens (primary N) is 1. The maximum Gasteiger partial charge on any atom is 0.321 e. The highest BCUT2D eigenvalue weighted by atomic mass is 16.2. The van der Waals surface area contributed by atoms with Crippen LogP contribution < -0.4 is 16.4 Å². The second-order valence-electron chi connectivity index (χ2n) is 5.04. The van der Waals surface area contributed by atoms with E-state index in [1.807, 2.05) is 6.92 Å². The van der Waals surface area contributed by atoms with Crippen molar-refractivity contribution in [3.05, 3.63) is 0 Å². The summed E-state index contributed by atoms with van der Waals surface area (Å²) in [5.41, 5.74) is 5.83. The third-order valence-corrected chi connectivity index (χ3v) is 3.87. The standard InChI is InChI=1S/C13H26N4O2/c1-3-17(9-12(18)16-13(19)15-2)11-7-5-4-6-10(11)8-14/h10-11H,3-9,14H2,1-2H3,(H2,15,16,18,19). The number of hydrogen-bond acceptors (Lipinski definition) is 4. The molecule has 4 N–H and O–H groups in total. The molecule has 1 aliphatic rings. The van der Waals surface area contributed by atoms with Crippen LogP contribution in [0, 0.1) is 5.92 Å². The molecule has 0 radical (unpaired) electrons. The van der Waals surface area contributed by atoms with Crippen molar-refractivity contribution in [2.75, 3.05) is 26.7 Å². The molecule has 6 nitrogen and oxygen atoms in total. The third kappa shape index (κ3) is 4.80. The predicted molar refractivity (Wildman–Crippen MR) is 74.6 cm³/mol. The summed E-state index contributed by atoms with van der Waals surface area (Å²) >= 11 is 0. The number of imide groups is 1. The molecule has 0 saturated heterocycles. The molecule has 0 aromatic heterocycles. The van der Waals surface area contributed by atoms with Crippen LogP contribution in [0.3, 0.4) is 0 Å². The van der Waals surface area contributed by atoms with E-state index in [0.29, 0.717) is 18.5 Å². The van der Waals surface area contributed by atoms with Gasteiger partial charge in [-0.25, -0.2) is 4.79 Å². The van der Waals surface area contributed by atoms with Gasteiger partial charge in [0.25, 0.3) is 0 Å². The molecule has 0 bridgehead atoms. The summed E-state index contributed by atoms with van der Waals surface area (Å²) in [5, 5.41) is 4.68. The average molecular weight is 270 g/mol. The summed E-state index contributed by atoms with van der Waals surface area (Å²) in [6.07, 6.45) is 4.63. The smallest absolute Gasteiger partial charge is 0.321 e. The molecule has 0 aromatic rings.